The monoisotopic (exact) mass is 246 g/mol. The van der Waals surface area contributed by atoms with Crippen molar-refractivity contribution in [1.29, 1.82) is 0 Å². The Kier molecular flexibility index (Phi) is 8.76. The van der Waals surface area contributed by atoms with Gasteiger partial charge in [-0.1, -0.05) is 20.8 Å². The van der Waals surface area contributed by atoms with Gasteiger partial charge in [0, 0.05) is 6.04 Å². The fourth-order valence-corrected chi connectivity index (χ4v) is 1.93. The molecule has 2 unspecified atom stereocenters. The minimum absolute atomic E-state index is 0.0950. The van der Waals surface area contributed by atoms with Crippen molar-refractivity contribution in [3.63, 3.8) is 0 Å². The van der Waals surface area contributed by atoms with Gasteiger partial charge in [0.25, 0.3) is 0 Å². The molecule has 0 rings (SSSR count). The zero-order chi connectivity index (χ0) is 12.6. The van der Waals surface area contributed by atoms with Crippen molar-refractivity contribution < 1.29 is 4.79 Å². The summed E-state index contributed by atoms with van der Waals surface area (Å²) in [5.41, 5.74) is 0. The zero-order valence-electron chi connectivity index (χ0n) is 11.2. The minimum atomic E-state index is 0.0950. The summed E-state index contributed by atoms with van der Waals surface area (Å²) in [6.07, 6.45) is 2.10. The maximum absolute atomic E-state index is 11.5. The van der Waals surface area contributed by atoms with E-state index in [1.54, 1.807) is 0 Å². The van der Waals surface area contributed by atoms with E-state index in [2.05, 4.69) is 37.7 Å². The Morgan fingerprint density at radius 1 is 1.25 bits per heavy atom. The van der Waals surface area contributed by atoms with Gasteiger partial charge in [0.2, 0.25) is 5.91 Å². The van der Waals surface area contributed by atoms with Crippen molar-refractivity contribution in [3.05, 3.63) is 0 Å². The summed E-state index contributed by atoms with van der Waals surface area (Å²) in [7, 11) is 0. The quantitative estimate of drug-likeness (QED) is 0.685. The summed E-state index contributed by atoms with van der Waals surface area (Å²) in [5.74, 6) is 2.33. The van der Waals surface area contributed by atoms with E-state index in [-0.39, 0.29) is 11.9 Å². The molecule has 0 saturated carbocycles. The van der Waals surface area contributed by atoms with Crippen molar-refractivity contribution in [2.24, 2.45) is 11.8 Å². The van der Waals surface area contributed by atoms with Crippen LogP contribution in [0.15, 0.2) is 0 Å². The predicted octanol–water partition coefficient (Wildman–Crippen LogP) is 1.74. The molecule has 0 spiro atoms. The molecule has 0 aliphatic carbocycles. The molecule has 0 aliphatic heterocycles. The average molecular weight is 246 g/mol. The highest BCUT2D eigenvalue weighted by Crippen LogP contribution is 2.02. The number of hydrogen-bond acceptors (Lipinski definition) is 3. The van der Waals surface area contributed by atoms with E-state index >= 15 is 0 Å². The lowest BCUT2D eigenvalue weighted by Gasteiger charge is -2.18. The SMILES string of the molecule is CSCC(C)CNCC(=O)NC(C)C(C)C. The Hall–Kier alpha value is -0.220. The Morgan fingerprint density at radius 2 is 1.88 bits per heavy atom. The first-order valence-corrected chi connectivity index (χ1v) is 7.35. The predicted molar refractivity (Wildman–Crippen MR) is 72.9 cm³/mol. The van der Waals surface area contributed by atoms with Crippen LogP contribution < -0.4 is 10.6 Å². The largest absolute Gasteiger partial charge is 0.352 e. The van der Waals surface area contributed by atoms with Crippen molar-refractivity contribution in [2.75, 3.05) is 25.1 Å². The second kappa shape index (κ2) is 8.88. The van der Waals surface area contributed by atoms with Crippen LogP contribution in [-0.4, -0.2) is 37.0 Å². The third kappa shape index (κ3) is 7.99. The van der Waals surface area contributed by atoms with Crippen LogP contribution in [0.5, 0.6) is 0 Å². The summed E-state index contributed by atoms with van der Waals surface area (Å²) in [6, 6.07) is 0.248. The molecule has 0 radical (unpaired) electrons. The number of hydrogen-bond donors (Lipinski definition) is 2. The molecule has 0 aromatic rings. The molecular weight excluding hydrogens is 220 g/mol. The normalized spacial score (nSPS) is 14.9. The molecule has 0 heterocycles. The highest BCUT2D eigenvalue weighted by Gasteiger charge is 2.10. The van der Waals surface area contributed by atoms with Crippen LogP contribution in [0.1, 0.15) is 27.7 Å². The molecule has 0 aliphatic rings. The van der Waals surface area contributed by atoms with Crippen LogP contribution in [0.2, 0.25) is 0 Å². The summed E-state index contributed by atoms with van der Waals surface area (Å²) in [4.78, 5) is 11.5. The lowest BCUT2D eigenvalue weighted by atomic mass is 10.1. The van der Waals surface area contributed by atoms with E-state index in [1.165, 1.54) is 0 Å². The molecule has 2 atom stereocenters. The Bertz CT molecular complexity index is 197. The number of thioether (sulfide) groups is 1. The summed E-state index contributed by atoms with van der Waals surface area (Å²) < 4.78 is 0. The van der Waals surface area contributed by atoms with Gasteiger partial charge in [-0.2, -0.15) is 11.8 Å². The van der Waals surface area contributed by atoms with Gasteiger partial charge in [0.05, 0.1) is 6.54 Å². The average Bonchev–Trinajstić information content (AvgIpc) is 2.17. The van der Waals surface area contributed by atoms with Gasteiger partial charge in [-0.15, -0.1) is 0 Å². The van der Waals surface area contributed by atoms with Crippen LogP contribution in [-0.2, 0) is 4.79 Å². The van der Waals surface area contributed by atoms with Crippen molar-refractivity contribution in [3.8, 4) is 0 Å². The van der Waals surface area contributed by atoms with Gasteiger partial charge in [-0.05, 0) is 37.3 Å². The number of carbonyl (C=O) groups excluding carboxylic acids is 1. The lowest BCUT2D eigenvalue weighted by molar-refractivity contribution is -0.121. The van der Waals surface area contributed by atoms with Gasteiger partial charge in [-0.3, -0.25) is 4.79 Å². The van der Waals surface area contributed by atoms with E-state index in [0.29, 0.717) is 18.4 Å². The molecular formula is C12H26N2OS. The molecule has 4 heteroatoms. The third-order valence-electron chi connectivity index (χ3n) is 2.62. The van der Waals surface area contributed by atoms with E-state index in [4.69, 9.17) is 0 Å². The summed E-state index contributed by atoms with van der Waals surface area (Å²) >= 11 is 1.84. The molecule has 2 N–H and O–H groups in total. The zero-order valence-corrected chi connectivity index (χ0v) is 12.0. The van der Waals surface area contributed by atoms with Gasteiger partial charge < -0.3 is 10.6 Å². The fourth-order valence-electron chi connectivity index (χ4n) is 1.25. The highest BCUT2D eigenvalue weighted by molar-refractivity contribution is 7.98. The Balaban J connectivity index is 3.58. The van der Waals surface area contributed by atoms with E-state index in [1.807, 2.05) is 18.7 Å². The van der Waals surface area contributed by atoms with Gasteiger partial charge >= 0.3 is 0 Å². The Morgan fingerprint density at radius 3 is 2.38 bits per heavy atom. The second-order valence-corrected chi connectivity index (χ2v) is 5.70. The number of rotatable bonds is 8. The molecule has 3 nitrogen and oxygen atoms in total. The number of carbonyl (C=O) groups is 1. The number of amides is 1. The molecule has 0 bridgehead atoms. The maximum Gasteiger partial charge on any atom is 0.234 e. The van der Waals surface area contributed by atoms with Gasteiger partial charge in [-0.25, -0.2) is 0 Å². The van der Waals surface area contributed by atoms with Gasteiger partial charge in [0.15, 0.2) is 0 Å². The standard InChI is InChI=1S/C12H26N2OS/c1-9(2)11(4)14-12(15)7-13-6-10(3)8-16-5/h9-11,13H,6-8H2,1-5H3,(H,14,15). The molecule has 0 aromatic carbocycles. The molecule has 1 amide bonds. The molecule has 0 aromatic heterocycles. The van der Waals surface area contributed by atoms with Gasteiger partial charge in [0.1, 0.15) is 0 Å². The third-order valence-corrected chi connectivity index (χ3v) is 3.52. The van der Waals surface area contributed by atoms with Crippen LogP contribution in [0, 0.1) is 11.8 Å². The summed E-state index contributed by atoms with van der Waals surface area (Å²) in [6.45, 7) is 9.79. The molecule has 0 fully saturated rings. The first kappa shape index (κ1) is 15.8. The first-order chi connectivity index (χ1) is 7.47. The Labute approximate surface area is 104 Å². The summed E-state index contributed by atoms with van der Waals surface area (Å²) in [5, 5.41) is 6.17. The molecule has 96 valence electrons. The van der Waals surface area contributed by atoms with E-state index < -0.39 is 0 Å². The highest BCUT2D eigenvalue weighted by atomic mass is 32.2. The maximum atomic E-state index is 11.5. The lowest BCUT2D eigenvalue weighted by Crippen LogP contribution is -2.42. The molecule has 0 saturated heterocycles. The fraction of sp³-hybridized carbons (Fsp3) is 0.917. The van der Waals surface area contributed by atoms with E-state index in [0.717, 1.165) is 12.3 Å². The van der Waals surface area contributed by atoms with Crippen LogP contribution in [0.4, 0.5) is 0 Å². The number of nitrogens with one attached hydrogen (secondary N) is 2. The smallest absolute Gasteiger partial charge is 0.234 e. The molecule has 16 heavy (non-hydrogen) atoms. The van der Waals surface area contributed by atoms with Crippen molar-refractivity contribution in [2.45, 2.75) is 33.7 Å². The van der Waals surface area contributed by atoms with Crippen LogP contribution >= 0.6 is 11.8 Å². The van der Waals surface area contributed by atoms with Crippen molar-refractivity contribution in [1.82, 2.24) is 10.6 Å². The second-order valence-electron chi connectivity index (χ2n) is 4.79. The van der Waals surface area contributed by atoms with Crippen LogP contribution in [0.3, 0.4) is 0 Å². The van der Waals surface area contributed by atoms with Crippen LogP contribution in [0.25, 0.3) is 0 Å². The van der Waals surface area contributed by atoms with Crippen molar-refractivity contribution >= 4 is 17.7 Å². The topological polar surface area (TPSA) is 41.1 Å². The van der Waals surface area contributed by atoms with E-state index in [9.17, 15) is 4.79 Å². The minimum Gasteiger partial charge on any atom is -0.352 e. The first-order valence-electron chi connectivity index (χ1n) is 5.96.